The number of fused-ring (bicyclic) bond motifs is 1. The lowest BCUT2D eigenvalue weighted by Crippen LogP contribution is -2.14. The van der Waals surface area contributed by atoms with E-state index in [1.54, 1.807) is 0 Å². The van der Waals surface area contributed by atoms with Gasteiger partial charge >= 0.3 is 0 Å². The fourth-order valence-corrected chi connectivity index (χ4v) is 1.43. The van der Waals surface area contributed by atoms with Crippen LogP contribution in [0.4, 0.5) is 11.4 Å². The molecule has 1 heterocycles. The van der Waals surface area contributed by atoms with Crippen LogP contribution in [-0.2, 0) is 4.79 Å². The van der Waals surface area contributed by atoms with Crippen molar-refractivity contribution in [1.29, 1.82) is 0 Å². The summed E-state index contributed by atoms with van der Waals surface area (Å²) in [5.41, 5.74) is 7.51. The fourth-order valence-electron chi connectivity index (χ4n) is 1.43. The third-order valence-corrected chi connectivity index (χ3v) is 2.17. The van der Waals surface area contributed by atoms with Crippen LogP contribution in [0, 0.1) is 0 Å². The average Bonchev–Trinajstić information content (AvgIpc) is 2.35. The molecule has 0 bridgehead atoms. The molecular formula is C11H13N3O2. The number of aldehydes is 1. The van der Waals surface area contributed by atoms with E-state index in [4.69, 9.17) is 10.5 Å². The zero-order valence-corrected chi connectivity index (χ0v) is 8.69. The SMILES string of the molecule is NCCNc1ccc2c(c1)NC(C=O)=CO2. The molecule has 0 aromatic heterocycles. The maximum absolute atomic E-state index is 10.6. The average molecular weight is 219 g/mol. The summed E-state index contributed by atoms with van der Waals surface area (Å²) in [6.07, 6.45) is 2.10. The quantitative estimate of drug-likeness (QED) is 0.656. The molecule has 2 rings (SSSR count). The van der Waals surface area contributed by atoms with Crippen LogP contribution in [0.5, 0.6) is 5.75 Å². The number of carbonyl (C=O) groups is 1. The summed E-state index contributed by atoms with van der Waals surface area (Å²) < 4.78 is 5.28. The van der Waals surface area contributed by atoms with Crippen molar-refractivity contribution in [2.45, 2.75) is 0 Å². The number of hydrogen-bond acceptors (Lipinski definition) is 5. The van der Waals surface area contributed by atoms with Gasteiger partial charge in [0, 0.05) is 18.8 Å². The lowest BCUT2D eigenvalue weighted by molar-refractivity contribution is -0.104. The monoisotopic (exact) mass is 219 g/mol. The number of benzene rings is 1. The van der Waals surface area contributed by atoms with Gasteiger partial charge in [-0.25, -0.2) is 0 Å². The minimum Gasteiger partial charge on any atom is -0.461 e. The first kappa shape index (κ1) is 10.5. The number of rotatable bonds is 4. The molecule has 16 heavy (non-hydrogen) atoms. The normalized spacial score (nSPS) is 12.9. The van der Waals surface area contributed by atoms with Gasteiger partial charge in [0.15, 0.2) is 6.29 Å². The Kier molecular flexibility index (Phi) is 3.07. The van der Waals surface area contributed by atoms with E-state index in [0.717, 1.165) is 11.4 Å². The molecule has 0 radical (unpaired) electrons. The smallest absolute Gasteiger partial charge is 0.169 e. The van der Waals surface area contributed by atoms with Crippen LogP contribution in [0.15, 0.2) is 30.2 Å². The van der Waals surface area contributed by atoms with Crippen molar-refractivity contribution in [3.8, 4) is 5.75 Å². The molecule has 5 nitrogen and oxygen atoms in total. The summed E-state index contributed by atoms with van der Waals surface area (Å²) in [5, 5.41) is 6.11. The van der Waals surface area contributed by atoms with Gasteiger partial charge in [-0.1, -0.05) is 0 Å². The molecule has 0 unspecified atom stereocenters. The Morgan fingerprint density at radius 3 is 3.12 bits per heavy atom. The number of hydrogen-bond donors (Lipinski definition) is 3. The Labute approximate surface area is 93.3 Å². The highest BCUT2D eigenvalue weighted by Crippen LogP contribution is 2.31. The van der Waals surface area contributed by atoms with Gasteiger partial charge in [0.25, 0.3) is 0 Å². The van der Waals surface area contributed by atoms with Gasteiger partial charge in [-0.3, -0.25) is 4.79 Å². The Hall–Kier alpha value is -2.01. The molecule has 4 N–H and O–H groups in total. The van der Waals surface area contributed by atoms with Crippen LogP contribution in [0.3, 0.4) is 0 Å². The highest BCUT2D eigenvalue weighted by molar-refractivity contribution is 5.82. The lowest BCUT2D eigenvalue weighted by Gasteiger charge is -2.17. The maximum atomic E-state index is 10.6. The second kappa shape index (κ2) is 4.67. The number of anilines is 2. The Morgan fingerprint density at radius 2 is 2.38 bits per heavy atom. The van der Waals surface area contributed by atoms with E-state index in [1.807, 2.05) is 18.2 Å². The van der Waals surface area contributed by atoms with Crippen molar-refractivity contribution in [1.82, 2.24) is 0 Å². The van der Waals surface area contributed by atoms with Crippen LogP contribution in [-0.4, -0.2) is 19.4 Å². The second-order valence-electron chi connectivity index (χ2n) is 3.36. The third-order valence-electron chi connectivity index (χ3n) is 2.17. The highest BCUT2D eigenvalue weighted by atomic mass is 16.5. The molecule has 0 spiro atoms. The number of nitrogens with one attached hydrogen (secondary N) is 2. The Balaban J connectivity index is 2.17. The molecule has 1 aromatic carbocycles. The molecule has 1 aromatic rings. The fraction of sp³-hybridized carbons (Fsp3) is 0.182. The number of nitrogens with two attached hydrogens (primary N) is 1. The summed E-state index contributed by atoms with van der Waals surface area (Å²) in [6, 6.07) is 5.61. The van der Waals surface area contributed by atoms with E-state index in [1.165, 1.54) is 6.26 Å². The molecule has 1 aliphatic heterocycles. The highest BCUT2D eigenvalue weighted by Gasteiger charge is 2.11. The van der Waals surface area contributed by atoms with Gasteiger partial charge < -0.3 is 21.1 Å². The van der Waals surface area contributed by atoms with Crippen molar-refractivity contribution in [2.75, 3.05) is 23.7 Å². The van der Waals surface area contributed by atoms with E-state index >= 15 is 0 Å². The topological polar surface area (TPSA) is 76.4 Å². The predicted octanol–water partition coefficient (Wildman–Crippen LogP) is 0.902. The number of ether oxygens (including phenoxy) is 1. The number of carbonyl (C=O) groups excluding carboxylic acids is 1. The zero-order chi connectivity index (χ0) is 11.4. The van der Waals surface area contributed by atoms with Crippen molar-refractivity contribution in [3.63, 3.8) is 0 Å². The van der Waals surface area contributed by atoms with E-state index in [-0.39, 0.29) is 0 Å². The van der Waals surface area contributed by atoms with Crippen LogP contribution in [0.25, 0.3) is 0 Å². The summed E-state index contributed by atoms with van der Waals surface area (Å²) >= 11 is 0. The van der Waals surface area contributed by atoms with Crippen LogP contribution < -0.4 is 21.1 Å². The van der Waals surface area contributed by atoms with Gasteiger partial charge in [0.1, 0.15) is 17.7 Å². The molecule has 0 aliphatic carbocycles. The molecule has 84 valence electrons. The van der Waals surface area contributed by atoms with Gasteiger partial charge in [-0.2, -0.15) is 0 Å². The van der Waals surface area contributed by atoms with E-state index in [9.17, 15) is 4.79 Å². The van der Waals surface area contributed by atoms with Crippen LogP contribution in [0.2, 0.25) is 0 Å². The van der Waals surface area contributed by atoms with Crippen LogP contribution >= 0.6 is 0 Å². The van der Waals surface area contributed by atoms with Gasteiger partial charge in [-0.15, -0.1) is 0 Å². The molecule has 0 saturated heterocycles. The molecule has 0 fully saturated rings. The van der Waals surface area contributed by atoms with E-state index < -0.39 is 0 Å². The lowest BCUT2D eigenvalue weighted by atomic mass is 10.2. The Bertz CT molecular complexity index is 429. The van der Waals surface area contributed by atoms with Gasteiger partial charge in [-0.05, 0) is 18.2 Å². The summed E-state index contributed by atoms with van der Waals surface area (Å²) in [7, 11) is 0. The second-order valence-corrected chi connectivity index (χ2v) is 3.36. The first-order valence-electron chi connectivity index (χ1n) is 5.00. The molecule has 0 atom stereocenters. The van der Waals surface area contributed by atoms with Crippen molar-refractivity contribution in [2.24, 2.45) is 5.73 Å². The zero-order valence-electron chi connectivity index (χ0n) is 8.69. The standard InChI is InChI=1S/C11H13N3O2/c12-3-4-13-8-1-2-11-10(5-8)14-9(6-15)7-16-11/h1-2,5-7,13-14H,3-4,12H2. The third kappa shape index (κ3) is 2.14. The van der Waals surface area contributed by atoms with Crippen molar-refractivity contribution in [3.05, 3.63) is 30.2 Å². The predicted molar refractivity (Wildman–Crippen MR) is 62.4 cm³/mol. The molecule has 0 saturated carbocycles. The maximum Gasteiger partial charge on any atom is 0.169 e. The molecule has 1 aliphatic rings. The molecule has 0 amide bonds. The number of allylic oxidation sites excluding steroid dienone is 1. The Morgan fingerprint density at radius 1 is 1.50 bits per heavy atom. The van der Waals surface area contributed by atoms with Gasteiger partial charge in [0.2, 0.25) is 0 Å². The summed E-state index contributed by atoms with van der Waals surface area (Å²) in [5.74, 6) is 0.698. The molecular weight excluding hydrogens is 206 g/mol. The van der Waals surface area contributed by atoms with Crippen molar-refractivity contribution < 1.29 is 9.53 Å². The minimum atomic E-state index is 0.406. The van der Waals surface area contributed by atoms with E-state index in [0.29, 0.717) is 30.8 Å². The van der Waals surface area contributed by atoms with Crippen LogP contribution in [0.1, 0.15) is 0 Å². The summed E-state index contributed by atoms with van der Waals surface area (Å²) in [4.78, 5) is 10.6. The first-order valence-corrected chi connectivity index (χ1v) is 5.00. The van der Waals surface area contributed by atoms with Gasteiger partial charge in [0.05, 0.1) is 5.69 Å². The minimum absolute atomic E-state index is 0.406. The molecule has 5 heteroatoms. The van der Waals surface area contributed by atoms with Crippen molar-refractivity contribution >= 4 is 17.7 Å². The largest absolute Gasteiger partial charge is 0.461 e. The first-order chi connectivity index (χ1) is 7.83. The van der Waals surface area contributed by atoms with E-state index in [2.05, 4.69) is 10.6 Å². The summed E-state index contributed by atoms with van der Waals surface area (Å²) in [6.45, 7) is 1.27.